The van der Waals surface area contributed by atoms with Crippen molar-refractivity contribution in [1.29, 1.82) is 0 Å². The normalized spacial score (nSPS) is 12.1. The van der Waals surface area contributed by atoms with E-state index in [0.717, 1.165) is 27.7 Å². The van der Waals surface area contributed by atoms with E-state index in [0.29, 0.717) is 22.9 Å². The highest BCUT2D eigenvalue weighted by Gasteiger charge is 2.20. The number of aryl methyl sites for hydroxylation is 2. The molecule has 0 fully saturated rings. The van der Waals surface area contributed by atoms with E-state index in [1.165, 1.54) is 11.8 Å². The molecule has 1 aromatic carbocycles. The van der Waals surface area contributed by atoms with Gasteiger partial charge in [0.15, 0.2) is 5.16 Å². The standard InChI is InChI=1S/C19H23Cl2N3OS/c1-11-15(12(2)23-19(22-11)26-5)8-9-18(25)24(4)13(3)16-7-6-14(20)10-17(16)21/h6-7,10,13H,8-9H2,1-5H3. The first-order valence-electron chi connectivity index (χ1n) is 8.33. The quantitative estimate of drug-likeness (QED) is 0.479. The molecular weight excluding hydrogens is 389 g/mol. The van der Waals surface area contributed by atoms with E-state index in [9.17, 15) is 4.79 Å². The monoisotopic (exact) mass is 411 g/mol. The summed E-state index contributed by atoms with van der Waals surface area (Å²) in [6, 6.07) is 5.21. The Hall–Kier alpha value is -1.30. The van der Waals surface area contributed by atoms with Crippen LogP contribution in [0.3, 0.4) is 0 Å². The molecule has 1 atom stereocenters. The number of halogens is 2. The fraction of sp³-hybridized carbons (Fsp3) is 0.421. The van der Waals surface area contributed by atoms with E-state index < -0.39 is 0 Å². The third kappa shape index (κ3) is 4.90. The van der Waals surface area contributed by atoms with Crippen molar-refractivity contribution in [3.8, 4) is 0 Å². The molecule has 7 heteroatoms. The van der Waals surface area contributed by atoms with Gasteiger partial charge in [0.2, 0.25) is 5.91 Å². The van der Waals surface area contributed by atoms with Crippen LogP contribution in [0.4, 0.5) is 0 Å². The maximum atomic E-state index is 12.7. The number of rotatable bonds is 6. The first-order valence-corrected chi connectivity index (χ1v) is 10.3. The van der Waals surface area contributed by atoms with Crippen molar-refractivity contribution < 1.29 is 4.79 Å². The summed E-state index contributed by atoms with van der Waals surface area (Å²) in [7, 11) is 1.80. The number of nitrogens with zero attached hydrogens (tertiary/aromatic N) is 3. The number of hydrogen-bond donors (Lipinski definition) is 0. The summed E-state index contributed by atoms with van der Waals surface area (Å²) in [4.78, 5) is 23.3. The Kier molecular flexibility index (Phi) is 7.33. The SMILES string of the molecule is CSc1nc(C)c(CCC(=O)N(C)C(C)c2ccc(Cl)cc2Cl)c(C)n1. The molecule has 1 unspecified atom stereocenters. The van der Waals surface area contributed by atoms with Gasteiger partial charge in [-0.25, -0.2) is 9.97 Å². The zero-order chi connectivity index (χ0) is 19.4. The summed E-state index contributed by atoms with van der Waals surface area (Å²) < 4.78 is 0. The highest BCUT2D eigenvalue weighted by atomic mass is 35.5. The number of benzene rings is 1. The molecule has 0 aliphatic heterocycles. The molecule has 4 nitrogen and oxygen atoms in total. The number of hydrogen-bond acceptors (Lipinski definition) is 4. The van der Waals surface area contributed by atoms with Crippen LogP contribution in [0.5, 0.6) is 0 Å². The Bertz CT molecular complexity index is 790. The second-order valence-electron chi connectivity index (χ2n) is 6.21. The van der Waals surface area contributed by atoms with Gasteiger partial charge in [0.1, 0.15) is 0 Å². The molecule has 26 heavy (non-hydrogen) atoms. The topological polar surface area (TPSA) is 46.1 Å². The van der Waals surface area contributed by atoms with E-state index in [4.69, 9.17) is 23.2 Å². The lowest BCUT2D eigenvalue weighted by Gasteiger charge is -2.26. The molecule has 0 spiro atoms. The molecule has 1 aromatic heterocycles. The van der Waals surface area contributed by atoms with Crippen LogP contribution < -0.4 is 0 Å². The lowest BCUT2D eigenvalue weighted by atomic mass is 10.0. The Morgan fingerprint density at radius 3 is 2.38 bits per heavy atom. The van der Waals surface area contributed by atoms with Gasteiger partial charge in [0.25, 0.3) is 0 Å². The van der Waals surface area contributed by atoms with E-state index in [-0.39, 0.29) is 11.9 Å². The molecule has 2 aromatic rings. The molecule has 0 saturated heterocycles. The van der Waals surface area contributed by atoms with Gasteiger partial charge in [-0.05, 0) is 56.7 Å². The number of carbonyl (C=O) groups is 1. The van der Waals surface area contributed by atoms with Crippen LogP contribution >= 0.6 is 35.0 Å². The van der Waals surface area contributed by atoms with Gasteiger partial charge in [-0.2, -0.15) is 0 Å². The average Bonchev–Trinajstić information content (AvgIpc) is 2.59. The largest absolute Gasteiger partial charge is 0.339 e. The van der Waals surface area contributed by atoms with E-state index in [1.54, 1.807) is 24.1 Å². The highest BCUT2D eigenvalue weighted by Crippen LogP contribution is 2.29. The first-order chi connectivity index (χ1) is 12.2. The fourth-order valence-corrected chi connectivity index (χ4v) is 3.86. The Morgan fingerprint density at radius 2 is 1.85 bits per heavy atom. The second-order valence-corrected chi connectivity index (χ2v) is 7.82. The summed E-state index contributed by atoms with van der Waals surface area (Å²) in [6.45, 7) is 5.89. The number of carbonyl (C=O) groups excluding carboxylic acids is 1. The summed E-state index contributed by atoms with van der Waals surface area (Å²) >= 11 is 13.7. The third-order valence-electron chi connectivity index (χ3n) is 4.56. The van der Waals surface area contributed by atoms with Gasteiger partial charge in [0, 0.05) is 34.9 Å². The molecule has 0 aliphatic carbocycles. The summed E-state index contributed by atoms with van der Waals surface area (Å²) in [5, 5.41) is 1.91. The van der Waals surface area contributed by atoms with Crippen LogP contribution in [0.2, 0.25) is 10.0 Å². The van der Waals surface area contributed by atoms with Crippen molar-refractivity contribution in [2.24, 2.45) is 0 Å². The van der Waals surface area contributed by atoms with Crippen LogP contribution in [-0.2, 0) is 11.2 Å². The van der Waals surface area contributed by atoms with Crippen LogP contribution in [0.15, 0.2) is 23.4 Å². The molecule has 1 amide bonds. The van der Waals surface area contributed by atoms with Gasteiger partial charge < -0.3 is 4.90 Å². The van der Waals surface area contributed by atoms with E-state index in [2.05, 4.69) is 9.97 Å². The minimum Gasteiger partial charge on any atom is -0.339 e. The first kappa shape index (κ1) is 21.0. The van der Waals surface area contributed by atoms with Gasteiger partial charge in [-0.1, -0.05) is 41.0 Å². The zero-order valence-corrected chi connectivity index (χ0v) is 18.0. The van der Waals surface area contributed by atoms with Crippen molar-refractivity contribution in [2.75, 3.05) is 13.3 Å². The highest BCUT2D eigenvalue weighted by molar-refractivity contribution is 7.98. The Balaban J connectivity index is 2.08. The third-order valence-corrected chi connectivity index (χ3v) is 5.67. The minimum absolute atomic E-state index is 0.0521. The number of aromatic nitrogens is 2. The van der Waals surface area contributed by atoms with Crippen LogP contribution in [-0.4, -0.2) is 34.1 Å². The lowest BCUT2D eigenvalue weighted by Crippen LogP contribution is -2.30. The summed E-state index contributed by atoms with van der Waals surface area (Å²) in [6.07, 6.45) is 2.97. The number of thioether (sulfide) groups is 1. The second kappa shape index (κ2) is 9.07. The molecule has 0 N–H and O–H groups in total. The lowest BCUT2D eigenvalue weighted by molar-refractivity contribution is -0.131. The molecule has 0 saturated carbocycles. The predicted octanol–water partition coefficient (Wildman–Crippen LogP) is 5.27. The smallest absolute Gasteiger partial charge is 0.223 e. The van der Waals surface area contributed by atoms with Crippen molar-refractivity contribution in [1.82, 2.24) is 14.9 Å². The molecular formula is C19H23Cl2N3OS. The summed E-state index contributed by atoms with van der Waals surface area (Å²) in [5.74, 6) is 0.0521. The molecule has 1 heterocycles. The Morgan fingerprint density at radius 1 is 1.23 bits per heavy atom. The maximum absolute atomic E-state index is 12.7. The van der Waals surface area contributed by atoms with Crippen molar-refractivity contribution in [2.45, 2.75) is 44.8 Å². The molecule has 0 radical (unpaired) electrons. The van der Waals surface area contributed by atoms with Gasteiger partial charge in [-0.15, -0.1) is 0 Å². The molecule has 0 aliphatic rings. The molecule has 2 rings (SSSR count). The van der Waals surface area contributed by atoms with Crippen molar-refractivity contribution in [3.63, 3.8) is 0 Å². The number of amides is 1. The maximum Gasteiger partial charge on any atom is 0.223 e. The fourth-order valence-electron chi connectivity index (χ4n) is 2.84. The van der Waals surface area contributed by atoms with Crippen LogP contribution in [0, 0.1) is 13.8 Å². The van der Waals surface area contributed by atoms with Gasteiger partial charge in [-0.3, -0.25) is 4.79 Å². The van der Waals surface area contributed by atoms with Crippen LogP contribution in [0.25, 0.3) is 0 Å². The minimum atomic E-state index is -0.135. The van der Waals surface area contributed by atoms with Crippen molar-refractivity contribution >= 4 is 40.9 Å². The van der Waals surface area contributed by atoms with Gasteiger partial charge in [0.05, 0.1) is 6.04 Å². The molecule has 140 valence electrons. The zero-order valence-electron chi connectivity index (χ0n) is 15.6. The average molecular weight is 412 g/mol. The van der Waals surface area contributed by atoms with Crippen LogP contribution in [0.1, 0.15) is 41.9 Å². The molecule has 0 bridgehead atoms. The predicted molar refractivity (Wildman–Crippen MR) is 109 cm³/mol. The van der Waals surface area contributed by atoms with Gasteiger partial charge >= 0.3 is 0 Å². The van der Waals surface area contributed by atoms with Crippen molar-refractivity contribution in [3.05, 3.63) is 50.8 Å². The Labute approximate surface area is 169 Å². The summed E-state index contributed by atoms with van der Waals surface area (Å²) in [5.41, 5.74) is 3.80. The van der Waals surface area contributed by atoms with E-state index in [1.807, 2.05) is 33.1 Å². The van der Waals surface area contributed by atoms with E-state index >= 15 is 0 Å².